The summed E-state index contributed by atoms with van der Waals surface area (Å²) in [4.78, 5) is 28.6. The molecule has 2 heterocycles. The molecule has 0 fully saturated rings. The van der Waals surface area contributed by atoms with Gasteiger partial charge in [0.2, 0.25) is 0 Å². The van der Waals surface area contributed by atoms with Crippen LogP contribution < -0.4 is 0 Å². The normalized spacial score (nSPS) is 19.7. The van der Waals surface area contributed by atoms with Crippen LogP contribution in [0.3, 0.4) is 0 Å². The Hall–Kier alpha value is -2.76. The summed E-state index contributed by atoms with van der Waals surface area (Å²) in [5.74, 6) is 0.384. The van der Waals surface area contributed by atoms with Gasteiger partial charge in [-0.25, -0.2) is 9.59 Å². The van der Waals surface area contributed by atoms with E-state index in [0.717, 1.165) is 23.3 Å². The molecule has 0 radical (unpaired) electrons. The molecular weight excluding hydrogens is 380 g/mol. The van der Waals surface area contributed by atoms with E-state index in [-0.39, 0.29) is 18.8 Å². The smallest absolute Gasteiger partial charge is 0.414 e. The lowest BCUT2D eigenvalue weighted by molar-refractivity contribution is 0.0282. The molecule has 0 aliphatic carbocycles. The van der Waals surface area contributed by atoms with Gasteiger partial charge in [0.25, 0.3) is 0 Å². The molecule has 6 nitrogen and oxygen atoms in total. The molecule has 1 atom stereocenters. The van der Waals surface area contributed by atoms with Crippen molar-refractivity contribution in [3.05, 3.63) is 59.3 Å². The van der Waals surface area contributed by atoms with Crippen LogP contribution in [0.5, 0.6) is 0 Å². The van der Waals surface area contributed by atoms with Gasteiger partial charge in [0.05, 0.1) is 0 Å². The van der Waals surface area contributed by atoms with Crippen molar-refractivity contribution in [3.63, 3.8) is 0 Å². The Morgan fingerprint density at radius 3 is 2.47 bits per heavy atom. The fourth-order valence-corrected chi connectivity index (χ4v) is 3.58. The van der Waals surface area contributed by atoms with Gasteiger partial charge in [0.1, 0.15) is 12.2 Å². The lowest BCUT2D eigenvalue weighted by Crippen LogP contribution is -2.42. The van der Waals surface area contributed by atoms with E-state index in [0.29, 0.717) is 32.0 Å². The summed E-state index contributed by atoms with van der Waals surface area (Å²) < 4.78 is 11.0. The number of nitrogens with zero attached hydrogens (tertiary/aromatic N) is 2. The molecule has 1 aromatic rings. The van der Waals surface area contributed by atoms with Crippen LogP contribution in [-0.4, -0.2) is 47.2 Å². The van der Waals surface area contributed by atoms with Gasteiger partial charge in [-0.1, -0.05) is 49.4 Å². The fraction of sp³-hybridized carbons (Fsp3) is 0.500. The molecule has 0 saturated heterocycles. The van der Waals surface area contributed by atoms with Gasteiger partial charge in [0.15, 0.2) is 0 Å². The number of allylic oxidation sites excluding steroid dienone is 2. The van der Waals surface area contributed by atoms with Crippen LogP contribution in [0.25, 0.3) is 0 Å². The highest BCUT2D eigenvalue weighted by atomic mass is 16.6. The van der Waals surface area contributed by atoms with Crippen molar-refractivity contribution in [2.45, 2.75) is 52.7 Å². The Morgan fingerprint density at radius 1 is 1.10 bits per heavy atom. The van der Waals surface area contributed by atoms with Gasteiger partial charge < -0.3 is 14.4 Å². The first-order chi connectivity index (χ1) is 14.2. The van der Waals surface area contributed by atoms with Crippen LogP contribution >= 0.6 is 0 Å². The fourth-order valence-electron chi connectivity index (χ4n) is 3.58. The van der Waals surface area contributed by atoms with Gasteiger partial charge in [-0.3, -0.25) is 4.90 Å². The SMILES string of the molecule is CC1CC=C(C2=CCN(C(=O)OCc3ccccc3)CC2)N(C(=O)OC(C)(C)C)C1. The topological polar surface area (TPSA) is 59.1 Å². The first kappa shape index (κ1) is 21.9. The molecule has 1 unspecified atom stereocenters. The Kier molecular flexibility index (Phi) is 6.85. The maximum Gasteiger partial charge on any atom is 0.414 e. The van der Waals surface area contributed by atoms with Crippen LogP contribution in [0.4, 0.5) is 9.59 Å². The number of hydrogen-bond donors (Lipinski definition) is 0. The van der Waals surface area contributed by atoms with Crippen molar-refractivity contribution in [3.8, 4) is 0 Å². The minimum absolute atomic E-state index is 0.266. The molecule has 0 N–H and O–H groups in total. The van der Waals surface area contributed by atoms with E-state index in [9.17, 15) is 9.59 Å². The van der Waals surface area contributed by atoms with E-state index in [4.69, 9.17) is 9.47 Å². The predicted octanol–water partition coefficient (Wildman–Crippen LogP) is 5.12. The predicted molar refractivity (Wildman–Crippen MR) is 116 cm³/mol. The summed E-state index contributed by atoms with van der Waals surface area (Å²) in [5.41, 5.74) is 2.43. The lowest BCUT2D eigenvalue weighted by atomic mass is 9.95. The molecule has 162 valence electrons. The van der Waals surface area contributed by atoms with E-state index >= 15 is 0 Å². The second kappa shape index (κ2) is 9.37. The van der Waals surface area contributed by atoms with Crippen LogP contribution in [0.2, 0.25) is 0 Å². The highest BCUT2D eigenvalue weighted by Gasteiger charge is 2.31. The van der Waals surface area contributed by atoms with E-state index in [1.165, 1.54) is 0 Å². The van der Waals surface area contributed by atoms with E-state index < -0.39 is 5.60 Å². The Balaban J connectivity index is 1.62. The van der Waals surface area contributed by atoms with E-state index in [1.54, 1.807) is 9.80 Å². The van der Waals surface area contributed by atoms with Gasteiger partial charge in [-0.2, -0.15) is 0 Å². The number of carbonyl (C=O) groups is 2. The third-order valence-corrected chi connectivity index (χ3v) is 5.11. The van der Waals surface area contributed by atoms with E-state index in [2.05, 4.69) is 13.0 Å². The standard InChI is InChI=1S/C24H32N2O4/c1-18-10-11-21(26(16-18)23(28)30-24(2,3)4)20-12-14-25(15-13-20)22(27)29-17-19-8-6-5-7-9-19/h5-9,11-12,18H,10,13-17H2,1-4H3. The molecule has 0 bridgehead atoms. The highest BCUT2D eigenvalue weighted by Crippen LogP contribution is 2.30. The molecule has 2 aliphatic rings. The maximum atomic E-state index is 12.8. The van der Waals surface area contributed by atoms with Crippen molar-refractivity contribution in [1.82, 2.24) is 9.80 Å². The molecule has 0 saturated carbocycles. The number of hydrogen-bond acceptors (Lipinski definition) is 4. The minimum atomic E-state index is -0.539. The van der Waals surface area contributed by atoms with E-state index in [1.807, 2.05) is 57.2 Å². The second-order valence-electron chi connectivity index (χ2n) is 8.99. The molecule has 0 spiro atoms. The molecular formula is C24H32N2O4. The summed E-state index contributed by atoms with van der Waals surface area (Å²) in [6.07, 6.45) is 5.12. The zero-order valence-electron chi connectivity index (χ0n) is 18.4. The highest BCUT2D eigenvalue weighted by molar-refractivity contribution is 5.72. The van der Waals surface area contributed by atoms with Gasteiger partial charge in [0, 0.05) is 25.3 Å². The zero-order chi connectivity index (χ0) is 21.7. The summed E-state index contributed by atoms with van der Waals surface area (Å²) in [7, 11) is 0. The lowest BCUT2D eigenvalue weighted by Gasteiger charge is -2.36. The number of benzene rings is 1. The van der Waals surface area contributed by atoms with Crippen molar-refractivity contribution in [1.29, 1.82) is 0 Å². The van der Waals surface area contributed by atoms with Crippen molar-refractivity contribution in [2.75, 3.05) is 19.6 Å². The minimum Gasteiger partial charge on any atom is -0.445 e. The largest absolute Gasteiger partial charge is 0.445 e. The average molecular weight is 413 g/mol. The van der Waals surface area contributed by atoms with Crippen LogP contribution in [0.1, 0.15) is 46.1 Å². The van der Waals surface area contributed by atoms with Gasteiger partial charge >= 0.3 is 12.2 Å². The van der Waals surface area contributed by atoms with Crippen molar-refractivity contribution in [2.24, 2.45) is 5.92 Å². The number of ether oxygens (including phenoxy) is 2. The third kappa shape index (κ3) is 5.88. The first-order valence-corrected chi connectivity index (χ1v) is 10.6. The maximum absolute atomic E-state index is 12.8. The summed E-state index contributed by atoms with van der Waals surface area (Å²) >= 11 is 0. The molecule has 6 heteroatoms. The molecule has 0 aromatic heterocycles. The summed E-state index contributed by atoms with van der Waals surface area (Å²) in [6, 6.07) is 9.65. The number of amides is 2. The second-order valence-corrected chi connectivity index (χ2v) is 8.99. The first-order valence-electron chi connectivity index (χ1n) is 10.6. The average Bonchev–Trinajstić information content (AvgIpc) is 2.71. The zero-order valence-corrected chi connectivity index (χ0v) is 18.4. The van der Waals surface area contributed by atoms with Gasteiger partial charge in [-0.15, -0.1) is 0 Å². The summed E-state index contributed by atoms with van der Waals surface area (Å²) in [6.45, 7) is 9.70. The Morgan fingerprint density at radius 2 is 1.83 bits per heavy atom. The molecule has 2 amide bonds. The van der Waals surface area contributed by atoms with Gasteiger partial charge in [-0.05, 0) is 50.7 Å². The Labute approximate surface area is 179 Å². The third-order valence-electron chi connectivity index (χ3n) is 5.11. The number of carbonyl (C=O) groups excluding carboxylic acids is 2. The van der Waals surface area contributed by atoms with Crippen LogP contribution in [0, 0.1) is 5.92 Å². The number of rotatable bonds is 3. The Bertz CT molecular complexity index is 823. The molecule has 30 heavy (non-hydrogen) atoms. The monoisotopic (exact) mass is 412 g/mol. The molecule has 2 aliphatic heterocycles. The van der Waals surface area contributed by atoms with Crippen molar-refractivity contribution < 1.29 is 19.1 Å². The molecule has 1 aromatic carbocycles. The van der Waals surface area contributed by atoms with Crippen LogP contribution in [-0.2, 0) is 16.1 Å². The molecule has 3 rings (SSSR count). The van der Waals surface area contributed by atoms with Crippen molar-refractivity contribution >= 4 is 12.2 Å². The summed E-state index contributed by atoms with van der Waals surface area (Å²) in [5, 5.41) is 0. The quantitative estimate of drug-likeness (QED) is 0.692. The van der Waals surface area contributed by atoms with Crippen LogP contribution in [0.15, 0.2) is 53.8 Å².